The number of nitrogens with zero attached hydrogens (tertiary/aromatic N) is 4. The lowest BCUT2D eigenvalue weighted by molar-refractivity contribution is -0.394. The van der Waals surface area contributed by atoms with Gasteiger partial charge in [0.25, 0.3) is 15.8 Å². The summed E-state index contributed by atoms with van der Waals surface area (Å²) in [5.41, 5.74) is -3.78. The van der Waals surface area contributed by atoms with E-state index >= 15 is 0 Å². The number of sulfone groups is 1. The first-order valence-electron chi connectivity index (χ1n) is 9.87. The molecule has 0 saturated carbocycles. The first kappa shape index (κ1) is 29.4. The van der Waals surface area contributed by atoms with Crippen molar-refractivity contribution in [3.63, 3.8) is 0 Å². The zero-order valence-corrected chi connectivity index (χ0v) is 21.3. The van der Waals surface area contributed by atoms with Gasteiger partial charge in [-0.15, -0.1) is 10.2 Å². The van der Waals surface area contributed by atoms with Crippen molar-refractivity contribution in [1.82, 2.24) is 0 Å². The first-order chi connectivity index (χ1) is 17.9. The Labute approximate surface area is 218 Å². The van der Waals surface area contributed by atoms with Crippen molar-refractivity contribution in [3.8, 4) is 5.75 Å². The molecule has 0 fully saturated rings. The Kier molecular flexibility index (Phi) is 7.95. The molecule has 0 atom stereocenters. The van der Waals surface area contributed by atoms with Crippen molar-refractivity contribution in [2.75, 3.05) is 12.4 Å². The van der Waals surface area contributed by atoms with Gasteiger partial charge in [0.1, 0.15) is 16.3 Å². The molecule has 0 spiro atoms. The number of nitro groups is 2. The fourth-order valence-corrected chi connectivity index (χ4v) is 5.35. The minimum absolute atomic E-state index is 0.00450. The fraction of sp³-hybridized carbons (Fsp3) is 0.111. The van der Waals surface area contributed by atoms with Gasteiger partial charge in [-0.25, -0.2) is 12.6 Å². The molecular formula is C18H14N4O14S3. The van der Waals surface area contributed by atoms with Gasteiger partial charge < -0.3 is 5.11 Å². The minimum Gasteiger partial charge on any atom is -0.506 e. The van der Waals surface area contributed by atoms with Gasteiger partial charge >= 0.3 is 16.1 Å². The molecule has 3 rings (SSSR count). The van der Waals surface area contributed by atoms with Crippen molar-refractivity contribution in [2.24, 2.45) is 10.2 Å². The van der Waals surface area contributed by atoms with E-state index in [2.05, 4.69) is 14.4 Å². The van der Waals surface area contributed by atoms with E-state index < -0.39 is 86.0 Å². The van der Waals surface area contributed by atoms with Crippen LogP contribution in [0.4, 0.5) is 22.7 Å². The Hall–Kier alpha value is -4.15. The topological polar surface area (TPSA) is 283 Å². The highest BCUT2D eigenvalue weighted by atomic mass is 32.3. The quantitative estimate of drug-likeness (QED) is 0.129. The van der Waals surface area contributed by atoms with E-state index in [0.717, 1.165) is 24.3 Å². The SMILES string of the molecule is O=[N+]([O-])c1cc([N+](=O)[O-])c(/N=N/c2c(O)ccc3cc(S(=O)(=O)CCOS(=O)(=O)O)ccc23)c(S(=O)(=O)O)c1. The molecule has 0 heterocycles. The van der Waals surface area contributed by atoms with Crippen LogP contribution >= 0.6 is 0 Å². The molecule has 0 amide bonds. The van der Waals surface area contributed by atoms with Gasteiger partial charge in [0.05, 0.1) is 33.2 Å². The van der Waals surface area contributed by atoms with E-state index in [4.69, 9.17) is 4.55 Å². The van der Waals surface area contributed by atoms with Crippen LogP contribution < -0.4 is 0 Å². The van der Waals surface area contributed by atoms with Gasteiger partial charge in [-0.05, 0) is 23.6 Å². The van der Waals surface area contributed by atoms with E-state index in [1.807, 2.05) is 0 Å². The third-order valence-corrected chi connectivity index (χ3v) is 7.87. The number of azo groups is 1. The second-order valence-corrected chi connectivity index (χ2v) is 12.0. The summed E-state index contributed by atoms with van der Waals surface area (Å²) in [5, 5.41) is 40.0. The highest BCUT2D eigenvalue weighted by Crippen LogP contribution is 2.42. The Morgan fingerprint density at radius 2 is 1.49 bits per heavy atom. The third-order valence-electron chi connectivity index (χ3n) is 4.86. The standard InChI is InChI=1S/C18H14N4O14S3/c23-15-4-1-10-7-12(37(28,29)6-5-36-39(33,34)35)2-3-13(10)17(15)19-20-18-14(22(26)27)8-11(21(24)25)9-16(18)38(30,31)32/h1-4,7-9,23H,5-6H2,(H,30,31,32)(H,33,34,35)/b20-19+. The van der Waals surface area contributed by atoms with Crippen molar-refractivity contribution >= 4 is 63.9 Å². The highest BCUT2D eigenvalue weighted by molar-refractivity contribution is 7.91. The van der Waals surface area contributed by atoms with Crippen LogP contribution in [0.2, 0.25) is 0 Å². The predicted octanol–water partition coefficient (Wildman–Crippen LogP) is 2.62. The van der Waals surface area contributed by atoms with Crippen LogP contribution in [-0.4, -0.2) is 61.7 Å². The fourth-order valence-electron chi connectivity index (χ4n) is 3.17. The van der Waals surface area contributed by atoms with E-state index in [1.54, 1.807) is 0 Å². The lowest BCUT2D eigenvalue weighted by atomic mass is 10.1. The second-order valence-electron chi connectivity index (χ2n) is 7.39. The number of nitro benzene ring substituents is 2. The second kappa shape index (κ2) is 10.5. The van der Waals surface area contributed by atoms with Gasteiger partial charge in [0, 0.05) is 11.5 Å². The maximum atomic E-state index is 12.5. The number of benzene rings is 3. The van der Waals surface area contributed by atoms with Crippen LogP contribution in [0.1, 0.15) is 0 Å². The van der Waals surface area contributed by atoms with E-state index in [-0.39, 0.29) is 15.7 Å². The van der Waals surface area contributed by atoms with Crippen LogP contribution in [0.25, 0.3) is 10.8 Å². The van der Waals surface area contributed by atoms with Crippen LogP contribution in [0, 0.1) is 20.2 Å². The number of phenols is 1. The van der Waals surface area contributed by atoms with Crippen molar-refractivity contribution in [2.45, 2.75) is 9.79 Å². The molecule has 0 aliphatic rings. The van der Waals surface area contributed by atoms with Gasteiger partial charge in [-0.1, -0.05) is 12.1 Å². The Morgan fingerprint density at radius 3 is 2.05 bits per heavy atom. The van der Waals surface area contributed by atoms with Crippen molar-refractivity contribution < 1.29 is 53.5 Å². The molecule has 39 heavy (non-hydrogen) atoms. The molecule has 0 aliphatic carbocycles. The Morgan fingerprint density at radius 1 is 0.846 bits per heavy atom. The van der Waals surface area contributed by atoms with Gasteiger partial charge in [-0.3, -0.25) is 29.3 Å². The summed E-state index contributed by atoms with van der Waals surface area (Å²) in [4.78, 5) is 18.5. The monoisotopic (exact) mass is 606 g/mol. The summed E-state index contributed by atoms with van der Waals surface area (Å²) in [5.74, 6) is -1.44. The van der Waals surface area contributed by atoms with E-state index in [0.29, 0.717) is 12.1 Å². The van der Waals surface area contributed by atoms with Crippen LogP contribution in [0.5, 0.6) is 5.75 Å². The Balaban J connectivity index is 2.14. The van der Waals surface area contributed by atoms with Crippen molar-refractivity contribution in [1.29, 1.82) is 0 Å². The Bertz CT molecular complexity index is 1870. The molecule has 0 aromatic heterocycles. The molecule has 21 heteroatoms. The van der Waals surface area contributed by atoms with Gasteiger partial charge in [0.2, 0.25) is 0 Å². The molecule has 208 valence electrons. The minimum atomic E-state index is -5.30. The van der Waals surface area contributed by atoms with Gasteiger partial charge in [-0.2, -0.15) is 16.8 Å². The molecule has 0 saturated heterocycles. The van der Waals surface area contributed by atoms with E-state index in [1.165, 1.54) is 6.07 Å². The lowest BCUT2D eigenvalue weighted by Crippen LogP contribution is -2.15. The molecule has 3 N–H and O–H groups in total. The number of aromatic hydroxyl groups is 1. The van der Waals surface area contributed by atoms with Crippen molar-refractivity contribution in [3.05, 3.63) is 62.7 Å². The average molecular weight is 607 g/mol. The summed E-state index contributed by atoms with van der Waals surface area (Å²) >= 11 is 0. The summed E-state index contributed by atoms with van der Waals surface area (Å²) in [6, 6.07) is 6.24. The number of hydrogen-bond acceptors (Lipinski definition) is 14. The van der Waals surface area contributed by atoms with Crippen LogP contribution in [0.3, 0.4) is 0 Å². The van der Waals surface area contributed by atoms with Gasteiger partial charge in [0.15, 0.2) is 15.5 Å². The summed E-state index contributed by atoms with van der Waals surface area (Å²) < 4.78 is 91.9. The molecular weight excluding hydrogens is 592 g/mol. The molecule has 3 aromatic carbocycles. The highest BCUT2D eigenvalue weighted by Gasteiger charge is 2.30. The summed E-state index contributed by atoms with van der Waals surface area (Å²) in [6.45, 7) is -0.891. The van der Waals surface area contributed by atoms with Crippen LogP contribution in [-0.2, 0) is 34.5 Å². The summed E-state index contributed by atoms with van der Waals surface area (Å²) in [6.07, 6.45) is 0. The normalized spacial score (nSPS) is 12.7. The molecule has 0 unspecified atom stereocenters. The predicted molar refractivity (Wildman–Crippen MR) is 129 cm³/mol. The largest absolute Gasteiger partial charge is 0.506 e. The zero-order valence-electron chi connectivity index (χ0n) is 18.8. The van der Waals surface area contributed by atoms with Crippen LogP contribution in [0.15, 0.2) is 62.5 Å². The lowest BCUT2D eigenvalue weighted by Gasteiger charge is -2.08. The molecule has 0 radical (unpaired) electrons. The number of fused-ring (bicyclic) bond motifs is 1. The molecule has 3 aromatic rings. The van der Waals surface area contributed by atoms with E-state index in [9.17, 15) is 55.1 Å². The summed E-state index contributed by atoms with van der Waals surface area (Å²) in [7, 11) is -14.3. The number of non-ortho nitro benzene ring substituents is 1. The smallest absolute Gasteiger partial charge is 0.397 e. The number of phenolic OH excluding ortho intramolecular Hbond substituents is 1. The zero-order chi connectivity index (χ0) is 29.3. The molecule has 18 nitrogen and oxygen atoms in total. The average Bonchev–Trinajstić information content (AvgIpc) is 2.80. The first-order valence-corrected chi connectivity index (χ1v) is 14.3. The number of rotatable bonds is 10. The molecule has 0 aliphatic heterocycles. The number of hydrogen-bond donors (Lipinski definition) is 3. The third kappa shape index (κ3) is 6.84. The maximum Gasteiger partial charge on any atom is 0.397 e. The molecule has 0 bridgehead atoms. The maximum absolute atomic E-state index is 12.5.